The smallest absolute Gasteiger partial charge is 0.225 e. The van der Waals surface area contributed by atoms with Gasteiger partial charge in [0.05, 0.1) is 16.7 Å². The number of H-pyrrole nitrogens is 1. The molecule has 0 bridgehead atoms. The van der Waals surface area contributed by atoms with Crippen molar-refractivity contribution >= 4 is 61.5 Å². The summed E-state index contributed by atoms with van der Waals surface area (Å²) in [6, 6.07) is 2.05. The molecule has 1 aliphatic carbocycles. The van der Waals surface area contributed by atoms with Crippen LogP contribution in [0.25, 0.3) is 4.91 Å². The fraction of sp³-hybridized carbons (Fsp3) is 0.333. The van der Waals surface area contributed by atoms with E-state index < -0.39 is 0 Å². The molecule has 3 aromatic rings. The van der Waals surface area contributed by atoms with Gasteiger partial charge in [0.2, 0.25) is 5.95 Å². The molecule has 3 aromatic heterocycles. The Morgan fingerprint density at radius 1 is 1.29 bits per heavy atom. The molecule has 28 heavy (non-hydrogen) atoms. The van der Waals surface area contributed by atoms with Gasteiger partial charge in [-0.05, 0) is 35.2 Å². The van der Waals surface area contributed by atoms with E-state index in [-0.39, 0.29) is 0 Å². The fourth-order valence-electron chi connectivity index (χ4n) is 2.90. The van der Waals surface area contributed by atoms with Gasteiger partial charge < -0.3 is 10.6 Å². The molecule has 10 heteroatoms. The van der Waals surface area contributed by atoms with E-state index in [1.807, 2.05) is 17.8 Å². The molecular weight excluding hydrogens is 458 g/mol. The van der Waals surface area contributed by atoms with Gasteiger partial charge in [-0.2, -0.15) is 10.1 Å². The van der Waals surface area contributed by atoms with Gasteiger partial charge in [0.25, 0.3) is 0 Å². The van der Waals surface area contributed by atoms with Crippen molar-refractivity contribution in [2.24, 2.45) is 0 Å². The van der Waals surface area contributed by atoms with Gasteiger partial charge in [0.1, 0.15) is 5.01 Å². The Bertz CT molecular complexity index is 1020. The molecule has 144 valence electrons. The first-order chi connectivity index (χ1) is 13.7. The lowest BCUT2D eigenvalue weighted by Gasteiger charge is -2.08. The zero-order valence-corrected chi connectivity index (χ0v) is 18.1. The van der Waals surface area contributed by atoms with E-state index in [2.05, 4.69) is 58.2 Å². The normalized spacial score (nSPS) is 16.2. The second-order valence-corrected chi connectivity index (χ2v) is 9.55. The summed E-state index contributed by atoms with van der Waals surface area (Å²) >= 11 is 7.06. The van der Waals surface area contributed by atoms with Gasteiger partial charge in [-0.1, -0.05) is 6.08 Å². The van der Waals surface area contributed by atoms with Crippen LogP contribution in [0.3, 0.4) is 0 Å². The average Bonchev–Trinajstić information content (AvgIpc) is 3.12. The predicted molar refractivity (Wildman–Crippen MR) is 118 cm³/mol. The third-order valence-electron chi connectivity index (χ3n) is 4.50. The number of aromatic amines is 1. The third-order valence-corrected chi connectivity index (χ3v) is 7.25. The van der Waals surface area contributed by atoms with E-state index in [1.165, 1.54) is 23.4 Å². The van der Waals surface area contributed by atoms with Crippen molar-refractivity contribution in [2.75, 3.05) is 16.4 Å². The lowest BCUT2D eigenvalue weighted by molar-refractivity contribution is 0.965. The SMILES string of the molecule is Brc1cnc(NCc2csc(C3=CCCS3)n2)nc1Nc1cc(C2CC2)[nH]n1. The zero-order chi connectivity index (χ0) is 18.9. The van der Waals surface area contributed by atoms with Crippen molar-refractivity contribution in [2.45, 2.75) is 31.7 Å². The minimum atomic E-state index is 0.549. The van der Waals surface area contributed by atoms with Crippen LogP contribution in [0.2, 0.25) is 0 Å². The lowest BCUT2D eigenvalue weighted by Crippen LogP contribution is -2.06. The summed E-state index contributed by atoms with van der Waals surface area (Å²) in [5.41, 5.74) is 2.18. The second-order valence-electron chi connectivity index (χ2n) is 6.70. The number of rotatable bonds is 7. The number of hydrogen-bond acceptors (Lipinski definition) is 8. The van der Waals surface area contributed by atoms with E-state index in [1.54, 1.807) is 17.5 Å². The van der Waals surface area contributed by atoms with E-state index in [0.717, 1.165) is 33.2 Å². The first kappa shape index (κ1) is 18.1. The molecule has 4 heterocycles. The van der Waals surface area contributed by atoms with E-state index in [9.17, 15) is 0 Å². The van der Waals surface area contributed by atoms with Crippen LogP contribution < -0.4 is 10.6 Å². The standard InChI is InChI=1S/C18H18BrN7S2/c19-12-8-21-18(20-7-11-9-28-17(22-11)14-2-1-5-27-14)24-16(12)23-15-6-13(25-26-15)10-3-4-10/h2,6,8-10H,1,3-5,7H2,(H3,20,21,23,24,25,26). The van der Waals surface area contributed by atoms with Crippen LogP contribution in [0.1, 0.15) is 41.6 Å². The molecule has 0 amide bonds. The third kappa shape index (κ3) is 4.08. The average molecular weight is 476 g/mol. The van der Waals surface area contributed by atoms with Gasteiger partial charge >= 0.3 is 0 Å². The Hall–Kier alpha value is -1.91. The first-order valence-electron chi connectivity index (χ1n) is 9.11. The number of halogens is 1. The van der Waals surface area contributed by atoms with Crippen molar-refractivity contribution in [1.29, 1.82) is 0 Å². The van der Waals surface area contributed by atoms with E-state index >= 15 is 0 Å². The number of thiazole rings is 1. The van der Waals surface area contributed by atoms with Crippen LogP contribution in [-0.4, -0.2) is 30.9 Å². The molecule has 0 saturated heterocycles. The van der Waals surface area contributed by atoms with Gasteiger partial charge in [-0.3, -0.25) is 5.10 Å². The number of anilines is 3. The fourth-order valence-corrected chi connectivity index (χ4v) is 5.13. The molecule has 7 nitrogen and oxygen atoms in total. The molecule has 0 spiro atoms. The van der Waals surface area contributed by atoms with Crippen LogP contribution in [0.4, 0.5) is 17.6 Å². The van der Waals surface area contributed by atoms with Crippen molar-refractivity contribution in [3.63, 3.8) is 0 Å². The molecule has 0 aromatic carbocycles. The highest BCUT2D eigenvalue weighted by molar-refractivity contribution is 9.10. The summed E-state index contributed by atoms with van der Waals surface area (Å²) in [4.78, 5) is 14.9. The van der Waals surface area contributed by atoms with Crippen molar-refractivity contribution < 1.29 is 0 Å². The summed E-state index contributed by atoms with van der Waals surface area (Å²) in [7, 11) is 0. The summed E-state index contributed by atoms with van der Waals surface area (Å²) in [6.07, 6.45) is 7.61. The number of allylic oxidation sites excluding steroid dienone is 1. The maximum absolute atomic E-state index is 4.71. The van der Waals surface area contributed by atoms with Gasteiger partial charge in [-0.15, -0.1) is 23.1 Å². The Labute approximate surface area is 179 Å². The highest BCUT2D eigenvalue weighted by atomic mass is 79.9. The van der Waals surface area contributed by atoms with Crippen LogP contribution in [0, 0.1) is 0 Å². The largest absolute Gasteiger partial charge is 0.348 e. The van der Waals surface area contributed by atoms with Crippen molar-refractivity contribution in [1.82, 2.24) is 25.1 Å². The molecule has 1 fully saturated rings. The number of nitrogens with one attached hydrogen (secondary N) is 3. The summed E-state index contributed by atoms with van der Waals surface area (Å²) in [6.45, 7) is 0.587. The Kier molecular flexibility index (Phi) is 5.08. The minimum absolute atomic E-state index is 0.549. The van der Waals surface area contributed by atoms with E-state index in [4.69, 9.17) is 4.98 Å². The van der Waals surface area contributed by atoms with Crippen LogP contribution in [0.15, 0.2) is 28.2 Å². The Morgan fingerprint density at radius 2 is 2.21 bits per heavy atom. The molecule has 0 radical (unpaired) electrons. The second kappa shape index (κ2) is 7.84. The molecule has 1 saturated carbocycles. The van der Waals surface area contributed by atoms with Crippen molar-refractivity contribution in [3.05, 3.63) is 44.6 Å². The van der Waals surface area contributed by atoms with Crippen LogP contribution >= 0.6 is 39.0 Å². The summed E-state index contributed by atoms with van der Waals surface area (Å²) in [5, 5.41) is 17.1. The number of hydrogen-bond donors (Lipinski definition) is 3. The monoisotopic (exact) mass is 475 g/mol. The highest BCUT2D eigenvalue weighted by Crippen LogP contribution is 2.40. The zero-order valence-electron chi connectivity index (χ0n) is 14.9. The van der Waals surface area contributed by atoms with Gasteiger partial charge in [0, 0.05) is 39.9 Å². The highest BCUT2D eigenvalue weighted by Gasteiger charge is 2.25. The molecular formula is C18H18BrN7S2. The molecule has 0 atom stereocenters. The molecule has 1 aliphatic heterocycles. The number of aromatic nitrogens is 5. The minimum Gasteiger partial charge on any atom is -0.348 e. The Morgan fingerprint density at radius 3 is 3.04 bits per heavy atom. The molecule has 2 aliphatic rings. The summed E-state index contributed by atoms with van der Waals surface area (Å²) < 4.78 is 0.787. The van der Waals surface area contributed by atoms with Gasteiger partial charge in [-0.25, -0.2) is 9.97 Å². The lowest BCUT2D eigenvalue weighted by atomic mass is 10.3. The number of thioether (sulfide) groups is 1. The molecule has 3 N–H and O–H groups in total. The van der Waals surface area contributed by atoms with Crippen LogP contribution in [-0.2, 0) is 6.54 Å². The molecule has 0 unspecified atom stereocenters. The Balaban J connectivity index is 1.24. The van der Waals surface area contributed by atoms with Gasteiger partial charge in [0.15, 0.2) is 11.6 Å². The number of nitrogens with zero attached hydrogens (tertiary/aromatic N) is 4. The summed E-state index contributed by atoms with van der Waals surface area (Å²) in [5.74, 6) is 3.78. The molecule has 5 rings (SSSR count). The maximum Gasteiger partial charge on any atom is 0.225 e. The first-order valence-corrected chi connectivity index (χ1v) is 11.8. The maximum atomic E-state index is 4.71. The van der Waals surface area contributed by atoms with E-state index in [0.29, 0.717) is 24.2 Å². The predicted octanol–water partition coefficient (Wildman–Crippen LogP) is 5.13. The van der Waals surface area contributed by atoms with Crippen LogP contribution in [0.5, 0.6) is 0 Å². The quantitative estimate of drug-likeness (QED) is 0.436. The topological polar surface area (TPSA) is 91.4 Å². The van der Waals surface area contributed by atoms with Crippen molar-refractivity contribution in [3.8, 4) is 0 Å².